The quantitative estimate of drug-likeness (QED) is 0.184. The third kappa shape index (κ3) is 3.30. The zero-order chi connectivity index (χ0) is 18.0. The van der Waals surface area contributed by atoms with Crippen molar-refractivity contribution in [1.82, 2.24) is 10.2 Å². The summed E-state index contributed by atoms with van der Waals surface area (Å²) in [7, 11) is 0. The predicted molar refractivity (Wildman–Crippen MR) is 93.3 cm³/mol. The number of halogens is 1. The van der Waals surface area contributed by atoms with Crippen molar-refractivity contribution in [3.8, 4) is 0 Å². The maximum Gasteiger partial charge on any atom is 0.268 e. The second kappa shape index (κ2) is 6.59. The van der Waals surface area contributed by atoms with E-state index in [2.05, 4.69) is 10.3 Å². The lowest BCUT2D eigenvalue weighted by Crippen LogP contribution is -2.49. The Bertz CT molecular complexity index is 753. The van der Waals surface area contributed by atoms with Crippen LogP contribution in [0.25, 0.3) is 0 Å². The van der Waals surface area contributed by atoms with Crippen molar-refractivity contribution in [3.63, 3.8) is 0 Å². The van der Waals surface area contributed by atoms with E-state index in [4.69, 9.17) is 40.3 Å². The number of anilines is 1. The molecule has 0 aliphatic carbocycles. The van der Waals surface area contributed by atoms with E-state index in [1.54, 1.807) is 12.1 Å². The zero-order valence-corrected chi connectivity index (χ0v) is 13.7. The highest BCUT2D eigenvalue weighted by molar-refractivity contribution is 6.30. The number of nitrogen functional groups attached to an aromatic ring is 1. The fraction of sp³-hybridized carbons (Fsp3) is 0.143. The minimum Gasteiger partial charge on any atom is -0.399 e. The van der Waals surface area contributed by atoms with Gasteiger partial charge in [-0.1, -0.05) is 23.7 Å². The Morgan fingerprint density at radius 1 is 1.17 bits per heavy atom. The minimum absolute atomic E-state index is 0.00456. The van der Waals surface area contributed by atoms with E-state index in [1.807, 2.05) is 19.1 Å². The van der Waals surface area contributed by atoms with E-state index in [0.29, 0.717) is 5.69 Å². The Labute approximate surface area is 143 Å². The number of guanidine groups is 1. The van der Waals surface area contributed by atoms with Crippen LogP contribution in [0.3, 0.4) is 0 Å². The van der Waals surface area contributed by atoms with Crippen LogP contribution in [0, 0.1) is 0 Å². The van der Waals surface area contributed by atoms with Crippen molar-refractivity contribution in [2.24, 2.45) is 27.9 Å². The Hall–Kier alpha value is -3.07. The van der Waals surface area contributed by atoms with Gasteiger partial charge in [0.25, 0.3) is 5.91 Å². The Morgan fingerprint density at radius 2 is 1.75 bits per heavy atom. The van der Waals surface area contributed by atoms with E-state index in [9.17, 15) is 4.79 Å². The first-order valence-electron chi connectivity index (χ1n) is 6.93. The Morgan fingerprint density at radius 3 is 2.29 bits per heavy atom. The Balaban J connectivity index is 2.38. The lowest BCUT2D eigenvalue weighted by atomic mass is 10.1. The van der Waals surface area contributed by atoms with Crippen molar-refractivity contribution in [3.05, 3.63) is 52.3 Å². The molecule has 1 aliphatic rings. The molecule has 0 radical (unpaired) electrons. The molecule has 0 fully saturated rings. The highest BCUT2D eigenvalue weighted by atomic mass is 35.5. The molecule has 128 valence electrons. The number of amides is 1. The van der Waals surface area contributed by atoms with Crippen LogP contribution in [-0.2, 0) is 4.79 Å². The van der Waals surface area contributed by atoms with Crippen molar-refractivity contribution >= 4 is 29.2 Å². The van der Waals surface area contributed by atoms with Gasteiger partial charge in [0.2, 0.25) is 5.96 Å². The van der Waals surface area contributed by atoms with E-state index < -0.39 is 5.91 Å². The molecule has 0 saturated carbocycles. The maximum absolute atomic E-state index is 11.4. The molecular formula is C14H19ClN8O. The van der Waals surface area contributed by atoms with Gasteiger partial charge < -0.3 is 34.0 Å². The average Bonchev–Trinajstić information content (AvgIpc) is 2.51. The summed E-state index contributed by atoms with van der Waals surface area (Å²) in [5, 5.41) is 2.49. The smallest absolute Gasteiger partial charge is 0.268 e. The van der Waals surface area contributed by atoms with Crippen molar-refractivity contribution in [1.29, 1.82) is 0 Å². The van der Waals surface area contributed by atoms with Crippen LogP contribution in [0.2, 0.25) is 0 Å². The fourth-order valence-corrected chi connectivity index (χ4v) is 2.30. The third-order valence-corrected chi connectivity index (χ3v) is 3.71. The van der Waals surface area contributed by atoms with Gasteiger partial charge in [-0.05, 0) is 24.6 Å². The number of hydrogen-bond acceptors (Lipinski definition) is 6. The average molecular weight is 351 g/mol. The highest BCUT2D eigenvalue weighted by Gasteiger charge is 2.28. The Kier molecular flexibility index (Phi) is 4.74. The molecule has 11 N–H and O–H groups in total. The SMILES string of the molecule is CC(N=C(N)N1C(N)=C(Cl)NC(C(N)=O)=C1N)c1ccc(N)cc1. The van der Waals surface area contributed by atoms with Crippen LogP contribution in [-0.4, -0.2) is 16.8 Å². The number of benzene rings is 1. The lowest BCUT2D eigenvalue weighted by molar-refractivity contribution is -0.115. The van der Waals surface area contributed by atoms with Gasteiger partial charge in [0.05, 0.1) is 6.04 Å². The summed E-state index contributed by atoms with van der Waals surface area (Å²) in [5.74, 6) is -0.921. The van der Waals surface area contributed by atoms with Crippen LogP contribution in [0.1, 0.15) is 18.5 Å². The maximum atomic E-state index is 11.4. The summed E-state index contributed by atoms with van der Waals surface area (Å²) in [6.45, 7) is 1.83. The summed E-state index contributed by atoms with van der Waals surface area (Å²) in [4.78, 5) is 16.9. The summed E-state index contributed by atoms with van der Waals surface area (Å²) in [5.41, 5.74) is 30.1. The molecule has 9 nitrogen and oxygen atoms in total. The zero-order valence-electron chi connectivity index (χ0n) is 13.0. The second-order valence-corrected chi connectivity index (χ2v) is 5.49. The molecule has 10 heteroatoms. The van der Waals surface area contributed by atoms with Gasteiger partial charge in [-0.3, -0.25) is 4.79 Å². The predicted octanol–water partition coefficient (Wildman–Crippen LogP) is -0.513. The number of carbonyl (C=O) groups excluding carboxylic acids is 1. The molecule has 0 spiro atoms. The fourth-order valence-electron chi connectivity index (χ4n) is 2.12. The number of aliphatic imine (C=N–C) groups is 1. The van der Waals surface area contributed by atoms with E-state index in [1.165, 1.54) is 0 Å². The number of nitrogens with two attached hydrogens (primary N) is 5. The number of nitrogens with zero attached hydrogens (tertiary/aromatic N) is 2. The molecule has 1 amide bonds. The first kappa shape index (κ1) is 17.3. The number of rotatable bonds is 3. The van der Waals surface area contributed by atoms with Crippen LogP contribution in [0.15, 0.2) is 51.8 Å². The first-order chi connectivity index (χ1) is 11.2. The summed E-state index contributed by atoms with van der Waals surface area (Å²) in [6.07, 6.45) is 0. The number of hydrogen-bond donors (Lipinski definition) is 6. The molecule has 1 unspecified atom stereocenters. The van der Waals surface area contributed by atoms with Crippen LogP contribution in [0.5, 0.6) is 0 Å². The van der Waals surface area contributed by atoms with E-state index in [-0.39, 0.29) is 34.5 Å². The summed E-state index contributed by atoms with van der Waals surface area (Å²) < 4.78 is 0. The van der Waals surface area contributed by atoms with Crippen LogP contribution >= 0.6 is 11.6 Å². The van der Waals surface area contributed by atoms with Gasteiger partial charge >= 0.3 is 0 Å². The third-order valence-electron chi connectivity index (χ3n) is 3.42. The van der Waals surface area contributed by atoms with E-state index >= 15 is 0 Å². The molecule has 1 aromatic carbocycles. The number of nitrogens with one attached hydrogen (secondary N) is 1. The number of primary amides is 1. The van der Waals surface area contributed by atoms with Crippen molar-refractivity contribution < 1.29 is 4.79 Å². The molecule has 2 rings (SSSR count). The van der Waals surface area contributed by atoms with Gasteiger partial charge in [-0.2, -0.15) is 0 Å². The van der Waals surface area contributed by atoms with Gasteiger partial charge in [0.1, 0.15) is 22.5 Å². The highest BCUT2D eigenvalue weighted by Crippen LogP contribution is 2.22. The molecular weight excluding hydrogens is 332 g/mol. The molecule has 0 saturated heterocycles. The topological polar surface area (TPSA) is 175 Å². The molecule has 24 heavy (non-hydrogen) atoms. The van der Waals surface area contributed by atoms with Gasteiger partial charge in [0.15, 0.2) is 0 Å². The molecule has 1 atom stereocenters. The molecule has 0 bridgehead atoms. The summed E-state index contributed by atoms with van der Waals surface area (Å²) >= 11 is 5.96. The monoisotopic (exact) mass is 350 g/mol. The largest absolute Gasteiger partial charge is 0.399 e. The van der Waals surface area contributed by atoms with Gasteiger partial charge in [-0.15, -0.1) is 0 Å². The minimum atomic E-state index is -0.803. The summed E-state index contributed by atoms with van der Waals surface area (Å²) in [6, 6.07) is 6.86. The number of carbonyl (C=O) groups is 1. The van der Waals surface area contributed by atoms with Crippen molar-refractivity contribution in [2.75, 3.05) is 5.73 Å². The van der Waals surface area contributed by atoms with Gasteiger partial charge in [-0.25, -0.2) is 9.89 Å². The standard InChI is InChI=1S/C14H19ClN8O/c1-6(7-2-4-8(16)5-3-7)21-14(20)23-11(17)9(13(19)24)22-10(15)12(23)18/h2-6,22H,16-18H2,1H3,(H2,19,24)(H2,20,21). The molecule has 1 aliphatic heterocycles. The lowest BCUT2D eigenvalue weighted by Gasteiger charge is -2.30. The second-order valence-electron chi connectivity index (χ2n) is 5.11. The van der Waals surface area contributed by atoms with E-state index in [0.717, 1.165) is 10.5 Å². The molecule has 1 heterocycles. The van der Waals surface area contributed by atoms with Crippen molar-refractivity contribution in [2.45, 2.75) is 13.0 Å². The van der Waals surface area contributed by atoms with Crippen LogP contribution < -0.4 is 34.0 Å². The normalized spacial score (nSPS) is 16.9. The molecule has 0 aromatic heterocycles. The molecule has 1 aromatic rings. The van der Waals surface area contributed by atoms with Gasteiger partial charge in [0, 0.05) is 5.69 Å². The first-order valence-corrected chi connectivity index (χ1v) is 7.30. The van der Waals surface area contributed by atoms with Crippen LogP contribution in [0.4, 0.5) is 5.69 Å².